The van der Waals surface area contributed by atoms with Crippen molar-refractivity contribution in [3.8, 4) is 5.06 Å². The third-order valence-electron chi connectivity index (χ3n) is 1.36. The van der Waals surface area contributed by atoms with Gasteiger partial charge in [0.1, 0.15) is 9.87 Å². The first-order chi connectivity index (χ1) is 6.06. The van der Waals surface area contributed by atoms with Crippen molar-refractivity contribution in [1.82, 2.24) is 0 Å². The highest BCUT2D eigenvalue weighted by molar-refractivity contribution is 7.80. The lowest BCUT2D eigenvalue weighted by Gasteiger charge is -1.97. The van der Waals surface area contributed by atoms with E-state index >= 15 is 0 Å². The predicted molar refractivity (Wildman–Crippen MR) is 53.7 cm³/mol. The number of thiocarbonyl (C=S) groups is 1. The van der Waals surface area contributed by atoms with Crippen molar-refractivity contribution in [2.45, 2.75) is 0 Å². The van der Waals surface area contributed by atoms with E-state index in [4.69, 9.17) is 27.8 Å². The second-order valence-electron chi connectivity index (χ2n) is 2.19. The highest BCUT2D eigenvalue weighted by atomic mass is 32.1. The summed E-state index contributed by atoms with van der Waals surface area (Å²) in [5, 5.41) is 9.11. The molecule has 70 valence electrons. The third kappa shape index (κ3) is 1.96. The van der Waals surface area contributed by atoms with E-state index in [2.05, 4.69) is 0 Å². The lowest BCUT2D eigenvalue weighted by atomic mass is 10.3. The molecule has 0 radical (unpaired) electrons. The van der Waals surface area contributed by atoms with E-state index in [-0.39, 0.29) is 9.87 Å². The molecule has 1 aromatic heterocycles. The molecule has 0 aromatic carbocycles. The monoisotopic (exact) mass is 217 g/mol. The molecular formula is C7H7NO3S2. The molecule has 1 heterocycles. The smallest absolute Gasteiger partial charge is 0.346 e. The van der Waals surface area contributed by atoms with Crippen LogP contribution >= 0.6 is 23.6 Å². The summed E-state index contributed by atoms with van der Waals surface area (Å²) in [7, 11) is 1.44. The van der Waals surface area contributed by atoms with Crippen molar-refractivity contribution in [3.63, 3.8) is 0 Å². The van der Waals surface area contributed by atoms with Crippen LogP contribution in [-0.4, -0.2) is 23.2 Å². The van der Waals surface area contributed by atoms with Crippen LogP contribution < -0.4 is 10.5 Å². The summed E-state index contributed by atoms with van der Waals surface area (Å²) < 4.78 is 4.93. The van der Waals surface area contributed by atoms with Gasteiger partial charge in [-0.3, -0.25) is 0 Å². The molecular weight excluding hydrogens is 210 g/mol. The largest absolute Gasteiger partial charge is 0.487 e. The summed E-state index contributed by atoms with van der Waals surface area (Å²) >= 11 is 5.73. The van der Waals surface area contributed by atoms with Crippen molar-refractivity contribution in [1.29, 1.82) is 0 Å². The highest BCUT2D eigenvalue weighted by Crippen LogP contribution is 2.30. The molecule has 1 rings (SSSR count). The molecule has 0 saturated heterocycles. The first-order valence-corrected chi connectivity index (χ1v) is 4.49. The van der Waals surface area contributed by atoms with E-state index in [1.54, 1.807) is 0 Å². The average molecular weight is 217 g/mol. The molecule has 1 aromatic rings. The Bertz CT molecular complexity index is 359. The number of ether oxygens (including phenoxy) is 1. The second-order valence-corrected chi connectivity index (χ2v) is 3.64. The minimum atomic E-state index is -1.01. The quantitative estimate of drug-likeness (QED) is 0.741. The highest BCUT2D eigenvalue weighted by Gasteiger charge is 2.15. The molecule has 0 unspecified atom stereocenters. The number of aromatic carboxylic acids is 1. The Morgan fingerprint density at radius 1 is 1.77 bits per heavy atom. The average Bonchev–Trinajstić information content (AvgIpc) is 2.47. The molecule has 0 aliphatic rings. The molecule has 0 atom stereocenters. The van der Waals surface area contributed by atoms with Crippen LogP contribution in [0.25, 0.3) is 0 Å². The van der Waals surface area contributed by atoms with Crippen LogP contribution in [0, 0.1) is 0 Å². The van der Waals surface area contributed by atoms with Gasteiger partial charge in [-0.2, -0.15) is 0 Å². The Balaban J connectivity index is 3.19. The third-order valence-corrected chi connectivity index (χ3v) is 2.66. The lowest BCUT2D eigenvalue weighted by molar-refractivity contribution is 0.0702. The summed E-state index contributed by atoms with van der Waals surface area (Å²) in [6, 6.07) is 1.41. The number of carboxylic acids is 1. The number of methoxy groups -OCH3 is 1. The number of rotatable bonds is 3. The van der Waals surface area contributed by atoms with Gasteiger partial charge in [-0.15, -0.1) is 0 Å². The SMILES string of the molecule is COc1sc(C(=O)O)cc1C(N)=S. The van der Waals surface area contributed by atoms with Crippen LogP contribution in [0.15, 0.2) is 6.07 Å². The maximum Gasteiger partial charge on any atom is 0.346 e. The summed E-state index contributed by atoms with van der Waals surface area (Å²) in [5.41, 5.74) is 5.84. The maximum absolute atomic E-state index is 10.6. The summed E-state index contributed by atoms with van der Waals surface area (Å²) in [4.78, 5) is 10.9. The molecule has 0 aliphatic carbocycles. The van der Waals surface area contributed by atoms with Crippen molar-refractivity contribution in [3.05, 3.63) is 16.5 Å². The zero-order valence-electron chi connectivity index (χ0n) is 6.73. The lowest BCUT2D eigenvalue weighted by Crippen LogP contribution is -2.09. The van der Waals surface area contributed by atoms with Crippen molar-refractivity contribution < 1.29 is 14.6 Å². The predicted octanol–water partition coefficient (Wildman–Crippen LogP) is 1.09. The molecule has 6 heteroatoms. The van der Waals surface area contributed by atoms with Crippen molar-refractivity contribution >= 4 is 34.5 Å². The van der Waals surface area contributed by atoms with Crippen LogP contribution in [0.3, 0.4) is 0 Å². The Morgan fingerprint density at radius 3 is 2.69 bits per heavy atom. The summed E-state index contributed by atoms with van der Waals surface area (Å²) in [6.07, 6.45) is 0. The van der Waals surface area contributed by atoms with E-state index in [9.17, 15) is 4.79 Å². The van der Waals surface area contributed by atoms with Crippen molar-refractivity contribution in [2.24, 2.45) is 5.73 Å². The van der Waals surface area contributed by atoms with Gasteiger partial charge < -0.3 is 15.6 Å². The van der Waals surface area contributed by atoms with Crippen LogP contribution in [0.1, 0.15) is 15.2 Å². The molecule has 0 saturated carbocycles. The molecule has 4 nitrogen and oxygen atoms in total. The number of nitrogens with two attached hydrogens (primary N) is 1. The Labute approximate surface area is 83.9 Å². The van der Waals surface area contributed by atoms with E-state index in [0.29, 0.717) is 10.6 Å². The topological polar surface area (TPSA) is 72.5 Å². The van der Waals surface area contributed by atoms with Crippen LogP contribution in [0.4, 0.5) is 0 Å². The fourth-order valence-corrected chi connectivity index (χ4v) is 1.85. The first-order valence-electron chi connectivity index (χ1n) is 3.27. The summed E-state index contributed by atoms with van der Waals surface area (Å²) in [6.45, 7) is 0. The van der Waals surface area contributed by atoms with Gasteiger partial charge in [-0.25, -0.2) is 4.79 Å². The Kier molecular flexibility index (Phi) is 2.84. The molecule has 13 heavy (non-hydrogen) atoms. The molecule has 3 N–H and O–H groups in total. The van der Waals surface area contributed by atoms with Gasteiger partial charge in [0.15, 0.2) is 5.06 Å². The fraction of sp³-hybridized carbons (Fsp3) is 0.143. The van der Waals surface area contributed by atoms with E-state index < -0.39 is 5.97 Å². The van der Waals surface area contributed by atoms with Gasteiger partial charge in [-0.1, -0.05) is 23.6 Å². The van der Waals surface area contributed by atoms with Crippen LogP contribution in [0.5, 0.6) is 5.06 Å². The van der Waals surface area contributed by atoms with Gasteiger partial charge in [0.25, 0.3) is 0 Å². The zero-order chi connectivity index (χ0) is 10.0. The van der Waals surface area contributed by atoms with Gasteiger partial charge in [0.2, 0.25) is 0 Å². The fourth-order valence-electron chi connectivity index (χ4n) is 0.803. The number of hydrogen-bond acceptors (Lipinski definition) is 4. The zero-order valence-corrected chi connectivity index (χ0v) is 8.37. The molecule has 0 bridgehead atoms. The van der Waals surface area contributed by atoms with Crippen molar-refractivity contribution in [2.75, 3.05) is 7.11 Å². The van der Waals surface area contributed by atoms with Gasteiger partial charge in [0, 0.05) is 0 Å². The maximum atomic E-state index is 10.6. The van der Waals surface area contributed by atoms with Gasteiger partial charge in [0.05, 0.1) is 12.7 Å². The van der Waals surface area contributed by atoms with Crippen LogP contribution in [-0.2, 0) is 0 Å². The molecule has 0 aliphatic heterocycles. The molecule has 0 amide bonds. The standard InChI is InChI=1S/C7H7NO3S2/c1-11-7-3(5(8)12)2-4(13-7)6(9)10/h2H,1H3,(H2,8,12)(H,9,10). The number of hydrogen-bond donors (Lipinski definition) is 2. The van der Waals surface area contributed by atoms with Gasteiger partial charge >= 0.3 is 5.97 Å². The molecule has 0 spiro atoms. The normalized spacial score (nSPS) is 9.62. The van der Waals surface area contributed by atoms with E-state index in [0.717, 1.165) is 11.3 Å². The Hall–Kier alpha value is -1.14. The minimum Gasteiger partial charge on any atom is -0.487 e. The van der Waals surface area contributed by atoms with Gasteiger partial charge in [-0.05, 0) is 6.07 Å². The first kappa shape index (κ1) is 9.94. The number of carbonyl (C=O) groups is 1. The van der Waals surface area contributed by atoms with E-state index in [1.165, 1.54) is 13.2 Å². The number of thiophene rings is 1. The van der Waals surface area contributed by atoms with Crippen LogP contribution in [0.2, 0.25) is 0 Å². The minimum absolute atomic E-state index is 0.139. The molecule has 0 fully saturated rings. The Morgan fingerprint density at radius 2 is 2.38 bits per heavy atom. The number of carboxylic acid groups (broad SMARTS) is 1. The summed E-state index contributed by atoms with van der Waals surface area (Å²) in [5.74, 6) is -1.01. The van der Waals surface area contributed by atoms with E-state index in [1.807, 2.05) is 0 Å². The second kappa shape index (κ2) is 3.71.